The molecule has 0 aliphatic heterocycles. The van der Waals surface area contributed by atoms with Gasteiger partial charge in [0.25, 0.3) is 0 Å². The van der Waals surface area contributed by atoms with E-state index < -0.39 is 0 Å². The number of nitrogens with zero attached hydrogens (tertiary/aromatic N) is 4. The number of pyridine rings is 1. The van der Waals surface area contributed by atoms with Gasteiger partial charge in [-0.15, -0.1) is 0 Å². The van der Waals surface area contributed by atoms with Crippen LogP contribution in [0.2, 0.25) is 0 Å². The van der Waals surface area contributed by atoms with Crippen molar-refractivity contribution in [3.8, 4) is 0 Å². The fourth-order valence-corrected chi connectivity index (χ4v) is 2.17. The van der Waals surface area contributed by atoms with E-state index in [1.165, 1.54) is 0 Å². The zero-order valence-corrected chi connectivity index (χ0v) is 14.2. The van der Waals surface area contributed by atoms with Gasteiger partial charge in [-0.05, 0) is 25.1 Å². The van der Waals surface area contributed by atoms with Crippen LogP contribution in [-0.2, 0) is 17.9 Å². The van der Waals surface area contributed by atoms with Crippen molar-refractivity contribution in [2.75, 3.05) is 20.6 Å². The normalized spacial score (nSPS) is 11.2. The van der Waals surface area contributed by atoms with Crippen LogP contribution in [0.4, 0.5) is 0 Å². The first kappa shape index (κ1) is 17.1. The van der Waals surface area contributed by atoms with Gasteiger partial charge in [0, 0.05) is 25.9 Å². The van der Waals surface area contributed by atoms with Gasteiger partial charge >= 0.3 is 0 Å². The molecule has 0 N–H and O–H groups in total. The minimum atomic E-state index is 0.0333. The van der Waals surface area contributed by atoms with Crippen molar-refractivity contribution >= 4 is 5.91 Å². The number of amides is 1. The molecule has 0 aliphatic rings. The lowest BCUT2D eigenvalue weighted by Gasteiger charge is -2.20. The Morgan fingerprint density at radius 1 is 1.26 bits per heavy atom. The third-order valence-electron chi connectivity index (χ3n) is 3.55. The molecule has 0 saturated heterocycles. The largest absolute Gasteiger partial charge is 0.359 e. The molecule has 0 atom stereocenters. The average molecular weight is 316 g/mol. The van der Waals surface area contributed by atoms with Crippen LogP contribution in [-0.4, -0.2) is 46.5 Å². The number of carbonyl (C=O) groups excluding carboxylic acids is 1. The summed E-state index contributed by atoms with van der Waals surface area (Å²) in [6, 6.07) is 7.68. The Morgan fingerprint density at radius 2 is 2.04 bits per heavy atom. The first-order valence-corrected chi connectivity index (χ1v) is 7.73. The van der Waals surface area contributed by atoms with E-state index in [0.29, 0.717) is 31.3 Å². The van der Waals surface area contributed by atoms with Crippen molar-refractivity contribution < 1.29 is 9.32 Å². The monoisotopic (exact) mass is 316 g/mol. The Bertz CT molecular complexity index is 625. The van der Waals surface area contributed by atoms with Gasteiger partial charge in [0.2, 0.25) is 5.91 Å². The second-order valence-corrected chi connectivity index (χ2v) is 6.12. The molecule has 2 aromatic rings. The highest BCUT2D eigenvalue weighted by molar-refractivity contribution is 5.77. The molecule has 124 valence electrons. The SMILES string of the molecule is CC(C)c1cc(CN(C)C(=O)CN(C)Cc2ccccn2)on1. The van der Waals surface area contributed by atoms with Crippen LogP contribution in [0.25, 0.3) is 0 Å². The summed E-state index contributed by atoms with van der Waals surface area (Å²) in [7, 11) is 3.68. The third-order valence-corrected chi connectivity index (χ3v) is 3.55. The van der Waals surface area contributed by atoms with Crippen molar-refractivity contribution in [3.05, 3.63) is 47.6 Å². The van der Waals surface area contributed by atoms with E-state index in [9.17, 15) is 4.79 Å². The fourth-order valence-electron chi connectivity index (χ4n) is 2.17. The molecule has 0 fully saturated rings. The number of rotatable bonds is 7. The number of carbonyl (C=O) groups is 1. The zero-order valence-electron chi connectivity index (χ0n) is 14.2. The Balaban J connectivity index is 1.84. The van der Waals surface area contributed by atoms with E-state index in [-0.39, 0.29) is 5.91 Å². The molecule has 0 unspecified atom stereocenters. The second kappa shape index (κ2) is 7.87. The van der Waals surface area contributed by atoms with Crippen LogP contribution in [0, 0.1) is 0 Å². The van der Waals surface area contributed by atoms with E-state index in [0.717, 1.165) is 11.4 Å². The van der Waals surface area contributed by atoms with E-state index in [1.54, 1.807) is 18.1 Å². The zero-order chi connectivity index (χ0) is 16.8. The van der Waals surface area contributed by atoms with Crippen LogP contribution < -0.4 is 0 Å². The molecule has 0 bridgehead atoms. The van der Waals surface area contributed by atoms with Gasteiger partial charge in [0.1, 0.15) is 0 Å². The Hall–Kier alpha value is -2.21. The Morgan fingerprint density at radius 3 is 2.65 bits per heavy atom. The highest BCUT2D eigenvalue weighted by atomic mass is 16.5. The predicted molar refractivity (Wildman–Crippen MR) is 87.6 cm³/mol. The van der Waals surface area contributed by atoms with E-state index in [1.807, 2.05) is 36.2 Å². The molecule has 23 heavy (non-hydrogen) atoms. The molecule has 2 rings (SSSR count). The first-order valence-electron chi connectivity index (χ1n) is 7.73. The highest BCUT2D eigenvalue weighted by Gasteiger charge is 2.15. The number of hydrogen-bond acceptors (Lipinski definition) is 5. The molecule has 1 amide bonds. The van der Waals surface area contributed by atoms with Crippen molar-refractivity contribution in [2.45, 2.75) is 32.9 Å². The summed E-state index contributed by atoms with van der Waals surface area (Å²) < 4.78 is 5.28. The van der Waals surface area contributed by atoms with Crippen molar-refractivity contribution in [2.24, 2.45) is 0 Å². The predicted octanol–water partition coefficient (Wildman–Crippen LogP) is 2.28. The number of likely N-dealkylation sites (N-methyl/N-ethyl adjacent to an activating group) is 2. The molecular weight excluding hydrogens is 292 g/mol. The maximum Gasteiger partial charge on any atom is 0.236 e. The molecule has 2 heterocycles. The molecule has 6 heteroatoms. The fraction of sp³-hybridized carbons (Fsp3) is 0.471. The van der Waals surface area contributed by atoms with Gasteiger partial charge in [-0.3, -0.25) is 14.7 Å². The lowest BCUT2D eigenvalue weighted by Crippen LogP contribution is -2.36. The van der Waals surface area contributed by atoms with Crippen molar-refractivity contribution in [1.29, 1.82) is 0 Å². The van der Waals surface area contributed by atoms with Gasteiger partial charge in [0.15, 0.2) is 5.76 Å². The number of hydrogen-bond donors (Lipinski definition) is 0. The molecule has 0 saturated carbocycles. The Labute approximate surface area is 137 Å². The quantitative estimate of drug-likeness (QED) is 0.784. The van der Waals surface area contributed by atoms with E-state index >= 15 is 0 Å². The standard InChI is InChI=1S/C17H24N4O2/c1-13(2)16-9-15(23-19-16)11-21(4)17(22)12-20(3)10-14-7-5-6-8-18-14/h5-9,13H,10-12H2,1-4H3. The molecule has 0 aliphatic carbocycles. The lowest BCUT2D eigenvalue weighted by atomic mass is 10.1. The topological polar surface area (TPSA) is 62.5 Å². The minimum absolute atomic E-state index is 0.0333. The average Bonchev–Trinajstić information content (AvgIpc) is 2.96. The van der Waals surface area contributed by atoms with Gasteiger partial charge in [-0.1, -0.05) is 25.1 Å². The lowest BCUT2D eigenvalue weighted by molar-refractivity contribution is -0.131. The third kappa shape index (κ3) is 5.17. The molecule has 6 nitrogen and oxygen atoms in total. The van der Waals surface area contributed by atoms with E-state index in [2.05, 4.69) is 24.0 Å². The summed E-state index contributed by atoms with van der Waals surface area (Å²) in [5.74, 6) is 1.06. The summed E-state index contributed by atoms with van der Waals surface area (Å²) in [4.78, 5) is 20.2. The summed E-state index contributed by atoms with van der Waals surface area (Å²) in [5, 5.41) is 4.01. The summed E-state index contributed by atoms with van der Waals surface area (Å²) in [5.41, 5.74) is 1.86. The van der Waals surface area contributed by atoms with Crippen molar-refractivity contribution in [3.63, 3.8) is 0 Å². The first-order chi connectivity index (χ1) is 11.0. The summed E-state index contributed by atoms with van der Waals surface area (Å²) in [6.07, 6.45) is 1.76. The number of aromatic nitrogens is 2. The maximum atomic E-state index is 12.3. The molecular formula is C17H24N4O2. The highest BCUT2D eigenvalue weighted by Crippen LogP contribution is 2.15. The Kier molecular flexibility index (Phi) is 5.87. The second-order valence-electron chi connectivity index (χ2n) is 6.12. The van der Waals surface area contributed by atoms with Gasteiger partial charge in [-0.25, -0.2) is 0 Å². The molecule has 0 aromatic carbocycles. The van der Waals surface area contributed by atoms with Crippen LogP contribution in [0.15, 0.2) is 35.0 Å². The minimum Gasteiger partial charge on any atom is -0.359 e. The van der Waals surface area contributed by atoms with Crippen LogP contribution in [0.1, 0.15) is 36.9 Å². The van der Waals surface area contributed by atoms with E-state index in [4.69, 9.17) is 4.52 Å². The summed E-state index contributed by atoms with van der Waals surface area (Å²) in [6.45, 7) is 5.51. The molecule has 2 aromatic heterocycles. The van der Waals surface area contributed by atoms with Crippen LogP contribution in [0.3, 0.4) is 0 Å². The van der Waals surface area contributed by atoms with Crippen molar-refractivity contribution in [1.82, 2.24) is 19.9 Å². The smallest absolute Gasteiger partial charge is 0.236 e. The van der Waals surface area contributed by atoms with Crippen LogP contribution >= 0.6 is 0 Å². The van der Waals surface area contributed by atoms with Gasteiger partial charge in [0.05, 0.1) is 24.5 Å². The molecule has 0 radical (unpaired) electrons. The molecule has 0 spiro atoms. The van der Waals surface area contributed by atoms with Crippen LogP contribution in [0.5, 0.6) is 0 Å². The maximum absolute atomic E-state index is 12.3. The van der Waals surface area contributed by atoms with Gasteiger partial charge < -0.3 is 9.42 Å². The van der Waals surface area contributed by atoms with Gasteiger partial charge in [-0.2, -0.15) is 0 Å². The summed E-state index contributed by atoms with van der Waals surface area (Å²) >= 11 is 0.